The minimum Gasteiger partial charge on any atom is -0.371 e. The molecule has 4 rings (SSSR count). The molecule has 0 atom stereocenters. The molecule has 0 spiro atoms. The normalized spacial score (nSPS) is 13.5. The van der Waals surface area contributed by atoms with Crippen LogP contribution in [-0.2, 0) is 0 Å². The predicted octanol–water partition coefficient (Wildman–Crippen LogP) is 3.49. The van der Waals surface area contributed by atoms with Gasteiger partial charge in [-0.05, 0) is 31.0 Å². The van der Waals surface area contributed by atoms with Gasteiger partial charge in [-0.1, -0.05) is 30.3 Å². The van der Waals surface area contributed by atoms with Gasteiger partial charge in [0.15, 0.2) is 0 Å². The average molecular weight is 402 g/mol. The van der Waals surface area contributed by atoms with Crippen molar-refractivity contribution in [2.75, 3.05) is 23.4 Å². The monoisotopic (exact) mass is 402 g/mol. The molecule has 1 aromatic heterocycles. The minimum atomic E-state index is -0.579. The number of halogens is 1. The number of nitrogens with zero attached hydrogens (tertiary/aromatic N) is 4. The first-order chi connectivity index (χ1) is 14.7. The fourth-order valence-corrected chi connectivity index (χ4v) is 3.39. The van der Waals surface area contributed by atoms with Gasteiger partial charge in [-0.3, -0.25) is 9.78 Å². The number of nitriles is 1. The molecule has 0 unspecified atom stereocenters. The van der Waals surface area contributed by atoms with Crippen LogP contribution in [0.25, 0.3) is 11.3 Å². The molecule has 1 saturated heterocycles. The van der Waals surface area contributed by atoms with Crippen LogP contribution in [0.3, 0.4) is 0 Å². The van der Waals surface area contributed by atoms with Crippen molar-refractivity contribution in [3.05, 3.63) is 75.8 Å². The van der Waals surface area contributed by atoms with Gasteiger partial charge in [-0.25, -0.2) is 14.8 Å². The fourth-order valence-electron chi connectivity index (χ4n) is 3.39. The summed E-state index contributed by atoms with van der Waals surface area (Å²) in [5, 5.41) is 13.3. The lowest BCUT2D eigenvalue weighted by molar-refractivity contribution is 0.625. The number of H-pyrrole nitrogens is 1. The van der Waals surface area contributed by atoms with E-state index in [1.54, 1.807) is 30.3 Å². The van der Waals surface area contributed by atoms with E-state index >= 15 is 0 Å². The van der Waals surface area contributed by atoms with Crippen LogP contribution >= 0.6 is 0 Å². The number of rotatable bonds is 5. The number of anilines is 2. The number of benzene rings is 2. The maximum absolute atomic E-state index is 14.4. The summed E-state index contributed by atoms with van der Waals surface area (Å²) in [7, 11) is 0. The minimum absolute atomic E-state index is 0.0585. The van der Waals surface area contributed by atoms with Gasteiger partial charge >= 0.3 is 0 Å². The van der Waals surface area contributed by atoms with E-state index < -0.39 is 5.56 Å². The zero-order valence-corrected chi connectivity index (χ0v) is 16.1. The molecule has 3 aromatic rings. The van der Waals surface area contributed by atoms with Gasteiger partial charge in [-0.2, -0.15) is 10.4 Å². The van der Waals surface area contributed by atoms with Gasteiger partial charge in [0.2, 0.25) is 5.95 Å². The SMILES string of the molecule is N#Cc1c(-c2ccccc2)nc(NN=Cc2ccc(N3CCCC3)cc2F)[nH]c1=O. The lowest BCUT2D eigenvalue weighted by Crippen LogP contribution is -2.17. The van der Waals surface area contributed by atoms with Crippen molar-refractivity contribution in [2.24, 2.45) is 5.10 Å². The Balaban J connectivity index is 1.55. The maximum Gasteiger partial charge on any atom is 0.270 e. The Labute approximate surface area is 172 Å². The molecular weight excluding hydrogens is 383 g/mol. The van der Waals surface area contributed by atoms with Crippen molar-refractivity contribution in [3.8, 4) is 17.3 Å². The zero-order valence-electron chi connectivity index (χ0n) is 16.1. The molecule has 0 bridgehead atoms. The molecule has 1 aliphatic heterocycles. The van der Waals surface area contributed by atoms with Crippen LogP contribution in [0.5, 0.6) is 0 Å². The van der Waals surface area contributed by atoms with Crippen molar-refractivity contribution < 1.29 is 4.39 Å². The molecule has 1 fully saturated rings. The summed E-state index contributed by atoms with van der Waals surface area (Å²) in [4.78, 5) is 21.2. The summed E-state index contributed by atoms with van der Waals surface area (Å²) >= 11 is 0. The van der Waals surface area contributed by atoms with Crippen LogP contribution in [0, 0.1) is 17.1 Å². The molecule has 0 amide bonds. The van der Waals surface area contributed by atoms with E-state index in [9.17, 15) is 14.4 Å². The third-order valence-electron chi connectivity index (χ3n) is 4.91. The molecule has 2 aromatic carbocycles. The van der Waals surface area contributed by atoms with Crippen molar-refractivity contribution in [3.63, 3.8) is 0 Å². The number of aromatic amines is 1. The van der Waals surface area contributed by atoms with E-state index in [-0.39, 0.29) is 23.0 Å². The van der Waals surface area contributed by atoms with Crippen LogP contribution in [0.1, 0.15) is 24.0 Å². The molecule has 30 heavy (non-hydrogen) atoms. The van der Waals surface area contributed by atoms with Gasteiger partial charge in [-0.15, -0.1) is 0 Å². The van der Waals surface area contributed by atoms with E-state index in [0.29, 0.717) is 11.1 Å². The van der Waals surface area contributed by atoms with E-state index in [1.165, 1.54) is 12.3 Å². The Bertz CT molecular complexity index is 1180. The number of nitrogens with one attached hydrogen (secondary N) is 2. The summed E-state index contributed by atoms with van der Waals surface area (Å²) in [6.07, 6.45) is 3.56. The largest absolute Gasteiger partial charge is 0.371 e. The summed E-state index contributed by atoms with van der Waals surface area (Å²) < 4.78 is 14.4. The topological polar surface area (TPSA) is 97.2 Å². The summed E-state index contributed by atoms with van der Waals surface area (Å²) in [5.74, 6) is -0.320. The molecule has 0 radical (unpaired) electrons. The molecule has 2 N–H and O–H groups in total. The highest BCUT2D eigenvalue weighted by Gasteiger charge is 2.14. The van der Waals surface area contributed by atoms with Gasteiger partial charge in [0.05, 0.1) is 11.9 Å². The first kappa shape index (κ1) is 19.3. The van der Waals surface area contributed by atoms with Crippen LogP contribution in [0.15, 0.2) is 58.4 Å². The first-order valence-corrected chi connectivity index (χ1v) is 9.59. The number of hydrogen-bond acceptors (Lipinski definition) is 6. The first-order valence-electron chi connectivity index (χ1n) is 9.59. The van der Waals surface area contributed by atoms with Crippen molar-refractivity contribution in [1.82, 2.24) is 9.97 Å². The number of aromatic nitrogens is 2. The van der Waals surface area contributed by atoms with Crippen LogP contribution in [0.4, 0.5) is 16.0 Å². The van der Waals surface area contributed by atoms with E-state index in [4.69, 9.17) is 0 Å². The second-order valence-electron chi connectivity index (χ2n) is 6.89. The van der Waals surface area contributed by atoms with Crippen molar-refractivity contribution >= 4 is 17.9 Å². The molecule has 1 aliphatic rings. The lowest BCUT2D eigenvalue weighted by atomic mass is 10.1. The van der Waals surface area contributed by atoms with Gasteiger partial charge in [0.25, 0.3) is 5.56 Å². The molecule has 8 heteroatoms. The molecule has 0 saturated carbocycles. The average Bonchev–Trinajstić information content (AvgIpc) is 3.30. The summed E-state index contributed by atoms with van der Waals surface area (Å²) in [6, 6.07) is 15.8. The van der Waals surface area contributed by atoms with Gasteiger partial charge in [0.1, 0.15) is 17.4 Å². The molecule has 2 heterocycles. The Hall–Kier alpha value is -3.99. The number of hydrogen-bond donors (Lipinski definition) is 2. The Morgan fingerprint density at radius 3 is 2.67 bits per heavy atom. The Morgan fingerprint density at radius 1 is 1.20 bits per heavy atom. The van der Waals surface area contributed by atoms with E-state index in [2.05, 4.69) is 25.4 Å². The Kier molecular flexibility index (Phi) is 5.52. The van der Waals surface area contributed by atoms with E-state index in [0.717, 1.165) is 31.6 Å². The maximum atomic E-state index is 14.4. The van der Waals surface area contributed by atoms with E-state index in [1.807, 2.05) is 18.2 Å². The molecule has 150 valence electrons. The van der Waals surface area contributed by atoms with Gasteiger partial charge in [0, 0.05) is 29.9 Å². The quantitative estimate of drug-likeness (QED) is 0.503. The summed E-state index contributed by atoms with van der Waals surface area (Å²) in [5.41, 5.74) is 4.00. The second kappa shape index (κ2) is 8.57. The fraction of sp³-hybridized carbons (Fsp3) is 0.182. The Morgan fingerprint density at radius 2 is 1.97 bits per heavy atom. The number of hydrazone groups is 1. The summed E-state index contributed by atoms with van der Waals surface area (Å²) in [6.45, 7) is 1.88. The third kappa shape index (κ3) is 4.05. The van der Waals surface area contributed by atoms with Crippen LogP contribution < -0.4 is 15.9 Å². The van der Waals surface area contributed by atoms with Gasteiger partial charge < -0.3 is 4.90 Å². The molecular formula is C22H19FN6O. The zero-order chi connectivity index (χ0) is 20.9. The third-order valence-corrected chi connectivity index (χ3v) is 4.91. The van der Waals surface area contributed by atoms with Crippen LogP contribution in [-0.4, -0.2) is 29.3 Å². The predicted molar refractivity (Wildman–Crippen MR) is 114 cm³/mol. The molecule has 7 nitrogen and oxygen atoms in total. The van der Waals surface area contributed by atoms with Crippen LogP contribution in [0.2, 0.25) is 0 Å². The molecule has 0 aliphatic carbocycles. The highest BCUT2D eigenvalue weighted by Crippen LogP contribution is 2.22. The van der Waals surface area contributed by atoms with Crippen molar-refractivity contribution in [2.45, 2.75) is 12.8 Å². The standard InChI is InChI=1S/C22H19FN6O/c23-19-12-17(29-10-4-5-11-29)9-8-16(19)14-25-28-22-26-20(15-6-2-1-3-7-15)18(13-24)21(30)27-22/h1-3,6-9,12,14H,4-5,10-11H2,(H2,26,27,28,30). The smallest absolute Gasteiger partial charge is 0.270 e. The highest BCUT2D eigenvalue weighted by molar-refractivity contribution is 5.81. The van der Waals surface area contributed by atoms with Crippen molar-refractivity contribution in [1.29, 1.82) is 5.26 Å². The lowest BCUT2D eigenvalue weighted by Gasteiger charge is -2.17. The second-order valence-corrected chi connectivity index (χ2v) is 6.89. The highest BCUT2D eigenvalue weighted by atomic mass is 19.1.